The summed E-state index contributed by atoms with van der Waals surface area (Å²) < 4.78 is 85.4. The van der Waals surface area contributed by atoms with Gasteiger partial charge >= 0.3 is 24.2 Å². The summed E-state index contributed by atoms with van der Waals surface area (Å²) >= 11 is 0. The minimum atomic E-state index is -5.01. The van der Waals surface area contributed by atoms with Crippen molar-refractivity contribution in [1.29, 1.82) is 0 Å². The van der Waals surface area contributed by atoms with E-state index in [0.717, 1.165) is 0 Å². The van der Waals surface area contributed by atoms with E-state index < -0.39 is 30.3 Å². The molecule has 1 aromatic carbocycles. The van der Waals surface area contributed by atoms with Crippen molar-refractivity contribution >= 4 is 11.9 Å². The number of nitrogens with two attached hydrogens (primary N) is 1. The predicted octanol–water partition coefficient (Wildman–Crippen LogP) is 2.75. The van der Waals surface area contributed by atoms with Gasteiger partial charge in [0.1, 0.15) is 6.10 Å². The fourth-order valence-corrected chi connectivity index (χ4v) is 3.06. The summed E-state index contributed by atoms with van der Waals surface area (Å²) in [5.74, 6) is -3.65. The minimum Gasteiger partial charge on any atom is -0.493 e. The van der Waals surface area contributed by atoms with Gasteiger partial charge < -0.3 is 25.3 Å². The Morgan fingerprint density at radius 1 is 1.06 bits per heavy atom. The van der Waals surface area contributed by atoms with Crippen LogP contribution in [0.2, 0.25) is 0 Å². The van der Waals surface area contributed by atoms with Gasteiger partial charge in [0.15, 0.2) is 11.5 Å². The highest BCUT2D eigenvalue weighted by Crippen LogP contribution is 2.34. The van der Waals surface area contributed by atoms with Crippen LogP contribution in [0, 0.1) is 5.92 Å². The molecule has 1 atom stereocenters. The Labute approximate surface area is 180 Å². The number of primary amides is 1. The van der Waals surface area contributed by atoms with Crippen molar-refractivity contribution in [2.24, 2.45) is 11.7 Å². The van der Waals surface area contributed by atoms with E-state index in [2.05, 4.69) is 11.1 Å². The third-order valence-corrected chi connectivity index (χ3v) is 4.58. The van der Waals surface area contributed by atoms with Gasteiger partial charge in [-0.25, -0.2) is 4.79 Å². The topological polar surface area (TPSA) is 99.9 Å². The second-order valence-electron chi connectivity index (χ2n) is 6.75. The minimum absolute atomic E-state index is 0.132. The smallest absolute Gasteiger partial charge is 0.490 e. The number of halogens is 6. The molecule has 3 N–H and O–H groups in total. The number of hydrogen-bond donors (Lipinski definition) is 2. The summed E-state index contributed by atoms with van der Waals surface area (Å²) in [7, 11) is 2.94. The number of esters is 1. The Bertz CT molecular complexity index is 764. The highest BCUT2D eigenvalue weighted by atomic mass is 19.4. The fraction of sp³-hybridized carbons (Fsp3) is 0.579. The monoisotopic (exact) mass is 474 g/mol. The number of para-hydroxylation sites is 1. The van der Waals surface area contributed by atoms with Gasteiger partial charge in [-0.3, -0.25) is 4.79 Å². The van der Waals surface area contributed by atoms with Gasteiger partial charge in [-0.2, -0.15) is 26.3 Å². The third kappa shape index (κ3) is 8.44. The van der Waals surface area contributed by atoms with Crippen molar-refractivity contribution in [2.45, 2.75) is 37.7 Å². The van der Waals surface area contributed by atoms with Gasteiger partial charge in [0.25, 0.3) is 0 Å². The van der Waals surface area contributed by atoms with E-state index in [9.17, 15) is 31.1 Å². The fourth-order valence-electron chi connectivity index (χ4n) is 3.06. The molecule has 1 aromatic rings. The predicted molar refractivity (Wildman–Crippen MR) is 100 cm³/mol. The number of benzene rings is 1. The first-order chi connectivity index (χ1) is 14.8. The zero-order valence-corrected chi connectivity index (χ0v) is 17.3. The van der Waals surface area contributed by atoms with Crippen LogP contribution in [0.25, 0.3) is 0 Å². The molecule has 32 heavy (non-hydrogen) atoms. The molecule has 1 fully saturated rings. The van der Waals surface area contributed by atoms with Gasteiger partial charge in [-0.15, -0.1) is 0 Å². The van der Waals surface area contributed by atoms with E-state index in [1.54, 1.807) is 18.2 Å². The summed E-state index contributed by atoms with van der Waals surface area (Å²) in [6, 6.07) is 5.15. The van der Waals surface area contributed by atoms with Crippen LogP contribution in [0.5, 0.6) is 11.5 Å². The summed E-state index contributed by atoms with van der Waals surface area (Å²) in [4.78, 5) is 20.5. The van der Waals surface area contributed by atoms with E-state index >= 15 is 0 Å². The molecule has 0 spiro atoms. The van der Waals surface area contributed by atoms with Crippen molar-refractivity contribution in [3.8, 4) is 11.5 Å². The highest BCUT2D eigenvalue weighted by Gasteiger charge is 2.43. The zero-order valence-electron chi connectivity index (χ0n) is 17.3. The zero-order chi connectivity index (χ0) is 24.5. The average Bonchev–Trinajstić information content (AvgIpc) is 2.72. The van der Waals surface area contributed by atoms with Crippen molar-refractivity contribution in [1.82, 2.24) is 5.32 Å². The molecule has 7 nitrogen and oxygen atoms in total. The third-order valence-electron chi connectivity index (χ3n) is 4.58. The second-order valence-corrected chi connectivity index (χ2v) is 6.75. The quantitative estimate of drug-likeness (QED) is 0.486. The number of hydrogen-bond acceptors (Lipinski definition) is 6. The number of methoxy groups -OCH3 is 2. The molecule has 0 aliphatic carbocycles. The van der Waals surface area contributed by atoms with Gasteiger partial charge in [0.2, 0.25) is 0 Å². The number of piperidine rings is 1. The van der Waals surface area contributed by atoms with Gasteiger partial charge in [0, 0.05) is 12.0 Å². The Balaban J connectivity index is 0.000000633. The van der Waals surface area contributed by atoms with Crippen LogP contribution in [0.4, 0.5) is 26.3 Å². The number of alkyl halides is 6. The largest absolute Gasteiger partial charge is 0.493 e. The first-order valence-electron chi connectivity index (χ1n) is 9.36. The number of ether oxygens (including phenoxy) is 3. The SMILES string of the molecule is COc1cccc(CC(OC(=O)C(F)(F)F)C2CCNCC2)c1OC.NC(=O)C(F)(F)F. The van der Waals surface area contributed by atoms with Gasteiger partial charge in [0.05, 0.1) is 14.2 Å². The number of rotatable bonds is 6. The maximum absolute atomic E-state index is 12.6. The lowest BCUT2D eigenvalue weighted by Gasteiger charge is -2.31. The molecule has 0 bridgehead atoms. The van der Waals surface area contributed by atoms with E-state index in [1.165, 1.54) is 14.2 Å². The molecule has 0 radical (unpaired) electrons. The number of amides is 1. The number of carbonyl (C=O) groups excluding carboxylic acids is 2. The summed E-state index contributed by atoms with van der Waals surface area (Å²) in [5.41, 5.74) is 4.44. The number of carbonyl (C=O) groups is 2. The van der Waals surface area contributed by atoms with Crippen LogP contribution in [0.15, 0.2) is 18.2 Å². The normalized spacial score (nSPS) is 15.8. The Hall–Kier alpha value is -2.70. The van der Waals surface area contributed by atoms with Crippen LogP contribution >= 0.6 is 0 Å². The molecular formula is C19H24F6N2O5. The first kappa shape index (κ1) is 27.3. The lowest BCUT2D eigenvalue weighted by Crippen LogP contribution is -2.40. The molecule has 2 rings (SSSR count). The molecule has 1 aliphatic heterocycles. The van der Waals surface area contributed by atoms with E-state index in [1.807, 2.05) is 0 Å². The van der Waals surface area contributed by atoms with Crippen LogP contribution in [0.3, 0.4) is 0 Å². The van der Waals surface area contributed by atoms with Crippen LogP contribution in [-0.2, 0) is 20.7 Å². The first-order valence-corrected chi connectivity index (χ1v) is 9.36. The molecule has 1 heterocycles. The lowest BCUT2D eigenvalue weighted by molar-refractivity contribution is -0.207. The summed E-state index contributed by atoms with van der Waals surface area (Å²) in [6.45, 7) is 1.36. The van der Waals surface area contributed by atoms with Crippen molar-refractivity contribution in [3.63, 3.8) is 0 Å². The highest BCUT2D eigenvalue weighted by molar-refractivity contribution is 5.79. The van der Waals surface area contributed by atoms with Crippen molar-refractivity contribution in [2.75, 3.05) is 27.3 Å². The van der Waals surface area contributed by atoms with Crippen LogP contribution in [0.1, 0.15) is 18.4 Å². The average molecular weight is 474 g/mol. The van der Waals surface area contributed by atoms with Crippen molar-refractivity contribution in [3.05, 3.63) is 23.8 Å². The molecule has 13 heteroatoms. The Morgan fingerprint density at radius 2 is 1.62 bits per heavy atom. The van der Waals surface area contributed by atoms with Crippen LogP contribution < -0.4 is 20.5 Å². The maximum atomic E-state index is 12.6. The molecular weight excluding hydrogens is 450 g/mol. The summed E-state index contributed by atoms with van der Waals surface area (Å²) in [5, 5.41) is 3.15. The molecule has 0 saturated carbocycles. The molecule has 1 unspecified atom stereocenters. The Kier molecular flexibility index (Phi) is 10.1. The summed E-state index contributed by atoms with van der Waals surface area (Å²) in [6.07, 6.45) is -9.34. The van der Waals surface area contributed by atoms with Crippen molar-refractivity contribution < 1.29 is 50.1 Å². The van der Waals surface area contributed by atoms with Gasteiger partial charge in [-0.05, 0) is 37.9 Å². The van der Waals surface area contributed by atoms with Gasteiger partial charge in [-0.1, -0.05) is 12.1 Å². The molecule has 1 amide bonds. The van der Waals surface area contributed by atoms with Crippen LogP contribution in [-0.4, -0.2) is 57.6 Å². The second kappa shape index (κ2) is 11.8. The standard InChI is InChI=1S/C17H22F3NO4.C2H2F3NO/c1-23-13-5-3-4-12(15(13)24-2)10-14(11-6-8-21-9-7-11)25-16(22)17(18,19)20;3-2(4,5)1(6)7/h3-5,11,14,21H,6-10H2,1-2H3;(H2,6,7). The van der Waals surface area contributed by atoms with E-state index in [4.69, 9.17) is 19.0 Å². The lowest BCUT2D eigenvalue weighted by atomic mass is 9.88. The van der Waals surface area contributed by atoms with E-state index in [-0.39, 0.29) is 12.3 Å². The molecule has 1 saturated heterocycles. The Morgan fingerprint density at radius 3 is 2.06 bits per heavy atom. The molecule has 182 valence electrons. The maximum Gasteiger partial charge on any atom is 0.490 e. The number of nitrogens with one attached hydrogen (secondary N) is 1. The molecule has 1 aliphatic rings. The molecule has 0 aromatic heterocycles. The van der Waals surface area contributed by atoms with E-state index in [0.29, 0.717) is 43.0 Å².